The summed E-state index contributed by atoms with van der Waals surface area (Å²) in [6.07, 6.45) is 3.83. The number of hydrogen-bond donors (Lipinski definition) is 0. The van der Waals surface area contributed by atoms with Crippen molar-refractivity contribution in [1.82, 2.24) is 0 Å². The van der Waals surface area contributed by atoms with Gasteiger partial charge in [0.2, 0.25) is 0 Å². The molecule has 0 bridgehead atoms. The van der Waals surface area contributed by atoms with Crippen LogP contribution in [-0.4, -0.2) is 25.7 Å². The van der Waals surface area contributed by atoms with E-state index in [1.165, 1.54) is 0 Å². The van der Waals surface area contributed by atoms with Crippen LogP contribution >= 0.6 is 15.9 Å². The summed E-state index contributed by atoms with van der Waals surface area (Å²) in [5.74, 6) is 0.276. The molecule has 0 fully saturated rings. The van der Waals surface area contributed by atoms with Crippen LogP contribution in [-0.2, 0) is 25.7 Å². The van der Waals surface area contributed by atoms with Crippen LogP contribution in [0.4, 0.5) is 0 Å². The van der Waals surface area contributed by atoms with Crippen molar-refractivity contribution >= 4 is 27.9 Å². The Kier molecular flexibility index (Phi) is 10.2. The molecule has 0 aliphatic heterocycles. The number of hydrogen-bond acceptors (Lipinski definition) is 5. The lowest BCUT2D eigenvalue weighted by Crippen LogP contribution is -2.06. The minimum absolute atomic E-state index is 0.165. The third-order valence-corrected chi connectivity index (χ3v) is 3.86. The predicted molar refractivity (Wildman–Crippen MR) is 94.8 cm³/mol. The number of halogens is 1. The highest BCUT2D eigenvalue weighted by Gasteiger charge is 2.08. The zero-order valence-corrected chi connectivity index (χ0v) is 15.9. The molecule has 0 saturated carbocycles. The second-order valence-electron chi connectivity index (χ2n) is 5.40. The van der Waals surface area contributed by atoms with Crippen LogP contribution in [0.3, 0.4) is 0 Å². The molecule has 1 aromatic carbocycles. The highest BCUT2D eigenvalue weighted by molar-refractivity contribution is 9.10. The lowest BCUT2D eigenvalue weighted by molar-refractivity contribution is -0.145. The number of methoxy groups -OCH3 is 1. The molecule has 6 heteroatoms. The average Bonchev–Trinajstić information content (AvgIpc) is 2.58. The largest absolute Gasteiger partial charge is 0.496 e. The Morgan fingerprint density at radius 3 is 2.33 bits per heavy atom. The normalized spacial score (nSPS) is 10.3. The van der Waals surface area contributed by atoms with Gasteiger partial charge in [-0.25, -0.2) is 0 Å². The van der Waals surface area contributed by atoms with Crippen molar-refractivity contribution in [2.75, 3.05) is 13.7 Å². The van der Waals surface area contributed by atoms with Crippen molar-refractivity contribution in [3.8, 4) is 5.75 Å². The lowest BCUT2D eigenvalue weighted by Gasteiger charge is -2.10. The van der Waals surface area contributed by atoms with Gasteiger partial charge >= 0.3 is 11.9 Å². The third-order valence-electron chi connectivity index (χ3n) is 3.37. The second kappa shape index (κ2) is 11.9. The van der Waals surface area contributed by atoms with Gasteiger partial charge in [-0.05, 0) is 31.4 Å². The van der Waals surface area contributed by atoms with Crippen molar-refractivity contribution in [2.45, 2.75) is 52.1 Å². The van der Waals surface area contributed by atoms with E-state index in [4.69, 9.17) is 14.2 Å². The van der Waals surface area contributed by atoms with Crippen LogP contribution < -0.4 is 4.74 Å². The van der Waals surface area contributed by atoms with Crippen LogP contribution in [0.1, 0.15) is 51.0 Å². The van der Waals surface area contributed by atoms with E-state index in [9.17, 15) is 9.59 Å². The molecule has 0 spiro atoms. The van der Waals surface area contributed by atoms with Gasteiger partial charge in [0.1, 0.15) is 12.4 Å². The molecular formula is C18H25BrO5. The molecule has 0 heterocycles. The molecule has 0 aliphatic carbocycles. The molecule has 1 aromatic rings. The fourth-order valence-electron chi connectivity index (χ4n) is 2.07. The molecule has 0 amide bonds. The number of benzene rings is 1. The highest BCUT2D eigenvalue weighted by atomic mass is 79.9. The van der Waals surface area contributed by atoms with Crippen molar-refractivity contribution in [3.05, 3.63) is 28.2 Å². The van der Waals surface area contributed by atoms with Gasteiger partial charge in [-0.3, -0.25) is 9.59 Å². The van der Waals surface area contributed by atoms with E-state index in [1.54, 1.807) is 7.11 Å². The number of unbranched alkanes of at least 4 members (excludes halogenated alkanes) is 2. The topological polar surface area (TPSA) is 61.8 Å². The Labute approximate surface area is 151 Å². The van der Waals surface area contributed by atoms with Crippen LogP contribution in [0.25, 0.3) is 0 Å². The number of esters is 2. The Balaban J connectivity index is 2.17. The highest BCUT2D eigenvalue weighted by Crippen LogP contribution is 2.24. The summed E-state index contributed by atoms with van der Waals surface area (Å²) in [6, 6.07) is 5.57. The van der Waals surface area contributed by atoms with Gasteiger partial charge in [-0.2, -0.15) is 0 Å². The van der Waals surface area contributed by atoms with E-state index in [1.807, 2.05) is 25.1 Å². The zero-order chi connectivity index (χ0) is 17.8. The van der Waals surface area contributed by atoms with Gasteiger partial charge in [0.05, 0.1) is 13.7 Å². The minimum atomic E-state index is -0.242. The van der Waals surface area contributed by atoms with Crippen LogP contribution in [0, 0.1) is 0 Å². The predicted octanol–water partition coefficient (Wildman–Crippen LogP) is 4.40. The molecule has 0 unspecified atom stereocenters. The second-order valence-corrected chi connectivity index (χ2v) is 6.31. The fourth-order valence-corrected chi connectivity index (χ4v) is 2.41. The Hall–Kier alpha value is -1.56. The maximum atomic E-state index is 11.8. The van der Waals surface area contributed by atoms with E-state index in [0.717, 1.165) is 29.3 Å². The van der Waals surface area contributed by atoms with Crippen molar-refractivity contribution in [1.29, 1.82) is 0 Å². The zero-order valence-electron chi connectivity index (χ0n) is 14.3. The first-order valence-electron chi connectivity index (χ1n) is 8.20. The molecule has 5 nitrogen and oxygen atoms in total. The Morgan fingerprint density at radius 2 is 1.71 bits per heavy atom. The van der Waals surface area contributed by atoms with Gasteiger partial charge in [-0.1, -0.05) is 35.3 Å². The molecule has 0 N–H and O–H groups in total. The SMILES string of the molecule is CCCOC(=O)CCCCCC(=O)OCc1ccc(Br)cc1OC. The van der Waals surface area contributed by atoms with Crippen LogP contribution in [0.2, 0.25) is 0 Å². The standard InChI is InChI=1S/C18H25BrO5/c1-3-11-23-17(20)7-5-4-6-8-18(21)24-13-14-9-10-15(19)12-16(14)22-2/h9-10,12H,3-8,11,13H2,1-2H3. The maximum absolute atomic E-state index is 11.8. The number of rotatable bonds is 11. The molecule has 1 rings (SSSR count). The van der Waals surface area contributed by atoms with Crippen LogP contribution in [0.5, 0.6) is 5.75 Å². The maximum Gasteiger partial charge on any atom is 0.306 e. The quantitative estimate of drug-likeness (QED) is 0.406. The van der Waals surface area contributed by atoms with Gasteiger partial charge < -0.3 is 14.2 Å². The minimum Gasteiger partial charge on any atom is -0.496 e. The summed E-state index contributed by atoms with van der Waals surface area (Å²) in [6.45, 7) is 2.63. The van der Waals surface area contributed by atoms with Gasteiger partial charge in [-0.15, -0.1) is 0 Å². The smallest absolute Gasteiger partial charge is 0.306 e. The first-order chi connectivity index (χ1) is 11.6. The Bertz CT molecular complexity index is 530. The van der Waals surface area contributed by atoms with Crippen molar-refractivity contribution in [2.24, 2.45) is 0 Å². The first kappa shape index (κ1) is 20.5. The third kappa shape index (κ3) is 8.34. The molecule has 0 aliphatic rings. The number of ether oxygens (including phenoxy) is 3. The van der Waals surface area contributed by atoms with E-state index in [2.05, 4.69) is 15.9 Å². The first-order valence-corrected chi connectivity index (χ1v) is 8.99. The fraction of sp³-hybridized carbons (Fsp3) is 0.556. The van der Waals surface area contributed by atoms with E-state index < -0.39 is 0 Å². The van der Waals surface area contributed by atoms with Crippen molar-refractivity contribution in [3.63, 3.8) is 0 Å². The molecular weight excluding hydrogens is 376 g/mol. The molecule has 24 heavy (non-hydrogen) atoms. The van der Waals surface area contributed by atoms with E-state index in [0.29, 0.717) is 31.6 Å². The number of carbonyl (C=O) groups excluding carboxylic acids is 2. The average molecular weight is 401 g/mol. The number of carbonyl (C=O) groups is 2. The van der Waals surface area contributed by atoms with Gasteiger partial charge in [0.25, 0.3) is 0 Å². The molecule has 0 aromatic heterocycles. The van der Waals surface area contributed by atoms with E-state index >= 15 is 0 Å². The summed E-state index contributed by atoms with van der Waals surface area (Å²) < 4.78 is 16.4. The molecule has 0 saturated heterocycles. The summed E-state index contributed by atoms with van der Waals surface area (Å²) >= 11 is 3.37. The van der Waals surface area contributed by atoms with Gasteiger partial charge in [0.15, 0.2) is 0 Å². The molecule has 134 valence electrons. The lowest BCUT2D eigenvalue weighted by atomic mass is 10.1. The van der Waals surface area contributed by atoms with E-state index in [-0.39, 0.29) is 18.5 Å². The summed E-state index contributed by atoms with van der Waals surface area (Å²) in [4.78, 5) is 23.1. The summed E-state index contributed by atoms with van der Waals surface area (Å²) in [5, 5.41) is 0. The monoisotopic (exact) mass is 400 g/mol. The Morgan fingerprint density at radius 1 is 1.04 bits per heavy atom. The van der Waals surface area contributed by atoms with Crippen LogP contribution in [0.15, 0.2) is 22.7 Å². The molecule has 0 radical (unpaired) electrons. The summed E-state index contributed by atoms with van der Waals surface area (Å²) in [5.41, 5.74) is 0.827. The van der Waals surface area contributed by atoms with Gasteiger partial charge in [0, 0.05) is 22.9 Å². The molecule has 0 atom stereocenters. The summed E-state index contributed by atoms with van der Waals surface area (Å²) in [7, 11) is 1.58. The van der Waals surface area contributed by atoms with Crippen molar-refractivity contribution < 1.29 is 23.8 Å².